The Morgan fingerprint density at radius 2 is 2.30 bits per heavy atom. The molecule has 1 aromatic heterocycles. The summed E-state index contributed by atoms with van der Waals surface area (Å²) < 4.78 is 0.793. The highest BCUT2D eigenvalue weighted by molar-refractivity contribution is 5.13. The normalized spacial score (nSPS) is 9.20. The Kier molecular flexibility index (Phi) is 2.05. The first kappa shape index (κ1) is 6.81. The Hall–Kier alpha value is -1.31. The topological polar surface area (TPSA) is 26.9 Å². The molecular weight excluding hydrogens is 126 g/mol. The maximum absolute atomic E-state index is 10.8. The van der Waals surface area contributed by atoms with Crippen LogP contribution in [0.2, 0.25) is 0 Å². The van der Waals surface area contributed by atoms with Crippen LogP contribution in [0.5, 0.6) is 0 Å². The first-order valence-corrected chi connectivity index (χ1v) is 2.98. The highest BCUT2D eigenvalue weighted by atomic mass is 16.5. The quantitative estimate of drug-likeness (QED) is 0.439. The van der Waals surface area contributed by atoms with E-state index in [0.717, 1.165) is 4.73 Å². The summed E-state index contributed by atoms with van der Waals surface area (Å²) in [7, 11) is 0. The molecule has 1 rings (SSSR count). The second kappa shape index (κ2) is 3.01. The van der Waals surface area contributed by atoms with Crippen molar-refractivity contribution >= 4 is 0 Å². The fourth-order valence-electron chi connectivity index (χ4n) is 0.691. The molecule has 0 saturated heterocycles. The van der Waals surface area contributed by atoms with Crippen molar-refractivity contribution in [2.24, 2.45) is 0 Å². The van der Waals surface area contributed by atoms with Crippen molar-refractivity contribution < 1.29 is 4.73 Å². The van der Waals surface area contributed by atoms with Crippen LogP contribution < -0.4 is 4.73 Å². The molecule has 0 N–H and O–H groups in total. The second-order valence-electron chi connectivity index (χ2n) is 1.85. The third kappa shape index (κ3) is 1.35. The third-order valence-electron chi connectivity index (χ3n) is 1.14. The molecule has 0 aromatic carbocycles. The van der Waals surface area contributed by atoms with E-state index < -0.39 is 0 Å². The lowest BCUT2D eigenvalue weighted by Gasteiger charge is -1.98. The zero-order valence-corrected chi connectivity index (χ0v) is 5.53. The summed E-state index contributed by atoms with van der Waals surface area (Å²) in [5.41, 5.74) is 0.609. The number of hydrogen-bond donors (Lipinski definition) is 0. The van der Waals surface area contributed by atoms with Crippen LogP contribution >= 0.6 is 0 Å². The molecule has 1 radical (unpaired) electrons. The lowest BCUT2D eigenvalue weighted by atomic mass is 10.3. The Morgan fingerprint density at radius 1 is 1.50 bits per heavy atom. The Bertz CT molecular complexity index is 232. The molecule has 0 spiro atoms. The van der Waals surface area contributed by atoms with E-state index in [0.29, 0.717) is 5.69 Å². The van der Waals surface area contributed by atoms with Crippen LogP contribution in [0, 0.1) is 11.6 Å². The maximum atomic E-state index is 10.8. The zero-order chi connectivity index (χ0) is 7.40. The Morgan fingerprint density at radius 3 is 2.90 bits per heavy atom. The van der Waals surface area contributed by atoms with Gasteiger partial charge in [-0.3, -0.25) is 0 Å². The summed E-state index contributed by atoms with van der Waals surface area (Å²) in [6, 6.07) is 5.23. The maximum Gasteiger partial charge on any atom is 0.200 e. The monoisotopic (exact) mass is 134 g/mol. The molecule has 51 valence electrons. The van der Waals surface area contributed by atoms with Crippen LogP contribution in [0.15, 0.2) is 37.1 Å². The molecule has 2 nitrogen and oxygen atoms in total. The van der Waals surface area contributed by atoms with Crippen LogP contribution in [0.4, 0.5) is 0 Å². The van der Waals surface area contributed by atoms with Crippen LogP contribution in [0.1, 0.15) is 5.69 Å². The SMILES string of the molecule is C=C[CH]c1cccc[n+]1[O-]. The molecular formula is C8H8NO. The minimum Gasteiger partial charge on any atom is -0.618 e. The number of hydrogen-bond acceptors (Lipinski definition) is 1. The van der Waals surface area contributed by atoms with E-state index in [1.807, 2.05) is 6.07 Å². The average Bonchev–Trinajstić information content (AvgIpc) is 1.94. The first-order valence-electron chi connectivity index (χ1n) is 2.98. The molecule has 0 unspecified atom stereocenters. The van der Waals surface area contributed by atoms with Crippen LogP contribution in [-0.4, -0.2) is 0 Å². The summed E-state index contributed by atoms with van der Waals surface area (Å²) >= 11 is 0. The van der Waals surface area contributed by atoms with Crippen LogP contribution in [0.3, 0.4) is 0 Å². The summed E-state index contributed by atoms with van der Waals surface area (Å²) in [4.78, 5) is 0. The van der Waals surface area contributed by atoms with E-state index >= 15 is 0 Å². The molecule has 0 atom stereocenters. The van der Waals surface area contributed by atoms with E-state index in [9.17, 15) is 5.21 Å². The van der Waals surface area contributed by atoms with Gasteiger partial charge >= 0.3 is 0 Å². The van der Waals surface area contributed by atoms with Gasteiger partial charge in [0, 0.05) is 12.1 Å². The van der Waals surface area contributed by atoms with Crippen molar-refractivity contribution in [3.8, 4) is 0 Å². The number of allylic oxidation sites excluding steroid dienone is 1. The second-order valence-corrected chi connectivity index (χ2v) is 1.85. The van der Waals surface area contributed by atoms with Crippen LogP contribution in [0.25, 0.3) is 0 Å². The molecule has 0 aliphatic rings. The molecule has 2 heteroatoms. The van der Waals surface area contributed by atoms with Gasteiger partial charge in [-0.15, -0.1) is 6.58 Å². The van der Waals surface area contributed by atoms with Gasteiger partial charge in [-0.25, -0.2) is 0 Å². The summed E-state index contributed by atoms with van der Waals surface area (Å²) in [6.45, 7) is 3.49. The predicted octanol–water partition coefficient (Wildman–Crippen LogP) is 1.06. The summed E-state index contributed by atoms with van der Waals surface area (Å²) in [5, 5.41) is 10.8. The van der Waals surface area contributed by atoms with Crippen molar-refractivity contribution in [3.05, 3.63) is 54.4 Å². The number of rotatable bonds is 2. The summed E-state index contributed by atoms with van der Waals surface area (Å²) in [6.07, 6.45) is 4.70. The Balaban J connectivity index is 2.91. The van der Waals surface area contributed by atoms with Gasteiger partial charge in [-0.05, 0) is 6.07 Å². The number of aromatic nitrogens is 1. The van der Waals surface area contributed by atoms with E-state index in [-0.39, 0.29) is 0 Å². The van der Waals surface area contributed by atoms with Crippen molar-refractivity contribution in [2.45, 2.75) is 0 Å². The standard InChI is InChI=1S/C8H8NO/c1-2-5-8-6-3-4-7-9(8)10/h2-7H,1H2. The molecule has 0 aliphatic carbocycles. The van der Waals surface area contributed by atoms with Crippen LogP contribution in [-0.2, 0) is 0 Å². The van der Waals surface area contributed by atoms with Gasteiger partial charge in [-0.1, -0.05) is 6.08 Å². The lowest BCUT2D eigenvalue weighted by Crippen LogP contribution is -2.29. The minimum atomic E-state index is 0.609. The highest BCUT2D eigenvalue weighted by Crippen LogP contribution is 1.93. The Labute approximate surface area is 60.0 Å². The van der Waals surface area contributed by atoms with Gasteiger partial charge in [0.25, 0.3) is 0 Å². The van der Waals surface area contributed by atoms with Gasteiger partial charge < -0.3 is 5.21 Å². The van der Waals surface area contributed by atoms with Gasteiger partial charge in [-0.2, -0.15) is 4.73 Å². The van der Waals surface area contributed by atoms with E-state index in [4.69, 9.17) is 0 Å². The smallest absolute Gasteiger partial charge is 0.200 e. The molecule has 1 heterocycles. The molecule has 0 saturated carbocycles. The summed E-state index contributed by atoms with van der Waals surface area (Å²) in [5.74, 6) is 0. The van der Waals surface area contributed by atoms with Gasteiger partial charge in [0.1, 0.15) is 0 Å². The molecule has 0 aliphatic heterocycles. The van der Waals surface area contributed by atoms with Crippen molar-refractivity contribution in [2.75, 3.05) is 0 Å². The minimum absolute atomic E-state index is 0.609. The van der Waals surface area contributed by atoms with Gasteiger partial charge in [0.15, 0.2) is 6.20 Å². The average molecular weight is 134 g/mol. The van der Waals surface area contributed by atoms with E-state index in [2.05, 4.69) is 6.58 Å². The lowest BCUT2D eigenvalue weighted by molar-refractivity contribution is -0.610. The highest BCUT2D eigenvalue weighted by Gasteiger charge is 1.98. The molecule has 0 fully saturated rings. The van der Waals surface area contributed by atoms with Crippen molar-refractivity contribution in [1.82, 2.24) is 0 Å². The molecule has 0 bridgehead atoms. The zero-order valence-electron chi connectivity index (χ0n) is 5.53. The predicted molar refractivity (Wildman–Crippen MR) is 39.0 cm³/mol. The van der Waals surface area contributed by atoms with Gasteiger partial charge in [0.2, 0.25) is 5.69 Å². The number of nitrogens with zero attached hydrogens (tertiary/aromatic N) is 1. The van der Waals surface area contributed by atoms with Crippen molar-refractivity contribution in [3.63, 3.8) is 0 Å². The first-order chi connectivity index (χ1) is 4.84. The molecule has 1 aromatic rings. The van der Waals surface area contributed by atoms with Crippen molar-refractivity contribution in [1.29, 1.82) is 0 Å². The molecule has 10 heavy (non-hydrogen) atoms. The fourth-order valence-corrected chi connectivity index (χ4v) is 0.691. The van der Waals surface area contributed by atoms with E-state index in [1.54, 1.807) is 24.6 Å². The van der Waals surface area contributed by atoms with Gasteiger partial charge in [0.05, 0.1) is 6.42 Å². The third-order valence-corrected chi connectivity index (χ3v) is 1.14. The molecule has 0 amide bonds. The number of pyridine rings is 1. The van der Waals surface area contributed by atoms with E-state index in [1.165, 1.54) is 6.20 Å². The largest absolute Gasteiger partial charge is 0.618 e. The fraction of sp³-hybridized carbons (Fsp3) is 0.